The predicted octanol–water partition coefficient (Wildman–Crippen LogP) is 2.14. The SMILES string of the molecule is CO[C@]1(C)C[C@H](NC(=O)CN(C)C(=O)c2cccs2)C1(C)C. The van der Waals surface area contributed by atoms with Crippen LogP contribution in [0.3, 0.4) is 0 Å². The van der Waals surface area contributed by atoms with Crippen molar-refractivity contribution in [3.8, 4) is 0 Å². The number of nitrogens with one attached hydrogen (secondary N) is 1. The number of hydrogen-bond donors (Lipinski definition) is 1. The molecule has 1 fully saturated rings. The molecule has 1 aromatic rings. The van der Waals surface area contributed by atoms with Crippen LogP contribution in [0.25, 0.3) is 0 Å². The molecule has 0 radical (unpaired) electrons. The van der Waals surface area contributed by atoms with E-state index in [0.29, 0.717) is 4.88 Å². The fraction of sp³-hybridized carbons (Fsp3) is 0.625. The van der Waals surface area contributed by atoms with E-state index in [1.165, 1.54) is 16.2 Å². The maximum absolute atomic E-state index is 12.2. The fourth-order valence-electron chi connectivity index (χ4n) is 2.84. The third-order valence-electron chi connectivity index (χ3n) is 5.07. The Morgan fingerprint density at radius 1 is 1.45 bits per heavy atom. The number of ether oxygens (including phenoxy) is 1. The molecule has 6 heteroatoms. The Labute approximate surface area is 135 Å². The molecule has 0 saturated heterocycles. The lowest BCUT2D eigenvalue weighted by Gasteiger charge is -2.59. The van der Waals surface area contributed by atoms with Gasteiger partial charge in [-0.3, -0.25) is 9.59 Å². The third-order valence-corrected chi connectivity index (χ3v) is 5.93. The summed E-state index contributed by atoms with van der Waals surface area (Å²) in [6.07, 6.45) is 0.783. The van der Waals surface area contributed by atoms with Crippen molar-refractivity contribution in [3.63, 3.8) is 0 Å². The average molecular weight is 324 g/mol. The number of amides is 2. The molecule has 0 aliphatic heterocycles. The summed E-state index contributed by atoms with van der Waals surface area (Å²) < 4.78 is 5.55. The molecule has 122 valence electrons. The number of carbonyl (C=O) groups is 2. The van der Waals surface area contributed by atoms with Crippen LogP contribution in [0.5, 0.6) is 0 Å². The van der Waals surface area contributed by atoms with E-state index in [9.17, 15) is 9.59 Å². The Balaban J connectivity index is 1.88. The van der Waals surface area contributed by atoms with Gasteiger partial charge in [-0.05, 0) is 24.8 Å². The van der Waals surface area contributed by atoms with Crippen LogP contribution in [0, 0.1) is 5.41 Å². The van der Waals surface area contributed by atoms with Crippen molar-refractivity contribution in [3.05, 3.63) is 22.4 Å². The first kappa shape index (κ1) is 17.0. The molecule has 2 amide bonds. The van der Waals surface area contributed by atoms with E-state index in [1.807, 2.05) is 11.4 Å². The van der Waals surface area contributed by atoms with E-state index in [1.54, 1.807) is 20.2 Å². The van der Waals surface area contributed by atoms with Crippen LogP contribution in [-0.2, 0) is 9.53 Å². The summed E-state index contributed by atoms with van der Waals surface area (Å²) in [6.45, 7) is 6.30. The van der Waals surface area contributed by atoms with Crippen molar-refractivity contribution in [2.45, 2.75) is 38.8 Å². The van der Waals surface area contributed by atoms with Gasteiger partial charge >= 0.3 is 0 Å². The van der Waals surface area contributed by atoms with Crippen LogP contribution in [0.2, 0.25) is 0 Å². The van der Waals surface area contributed by atoms with Gasteiger partial charge in [0.1, 0.15) is 0 Å². The zero-order valence-corrected chi connectivity index (χ0v) is 14.6. The van der Waals surface area contributed by atoms with Crippen molar-refractivity contribution >= 4 is 23.2 Å². The van der Waals surface area contributed by atoms with E-state index < -0.39 is 0 Å². The zero-order chi connectivity index (χ0) is 16.5. The summed E-state index contributed by atoms with van der Waals surface area (Å²) in [7, 11) is 3.35. The van der Waals surface area contributed by atoms with E-state index in [0.717, 1.165) is 6.42 Å². The lowest BCUT2D eigenvalue weighted by molar-refractivity contribution is -0.182. The Bertz CT molecular complexity index is 556. The van der Waals surface area contributed by atoms with Gasteiger partial charge in [-0.1, -0.05) is 19.9 Å². The van der Waals surface area contributed by atoms with Gasteiger partial charge in [0, 0.05) is 25.6 Å². The molecule has 1 aliphatic rings. The molecule has 0 bridgehead atoms. The topological polar surface area (TPSA) is 58.6 Å². The third kappa shape index (κ3) is 2.90. The first-order valence-corrected chi connectivity index (χ1v) is 8.23. The molecule has 1 saturated carbocycles. The van der Waals surface area contributed by atoms with Crippen LogP contribution in [0.15, 0.2) is 17.5 Å². The maximum atomic E-state index is 12.2. The molecule has 22 heavy (non-hydrogen) atoms. The smallest absolute Gasteiger partial charge is 0.264 e. The molecular weight excluding hydrogens is 300 g/mol. The molecule has 1 heterocycles. The molecule has 1 aromatic heterocycles. The molecule has 1 aliphatic carbocycles. The first-order chi connectivity index (χ1) is 10.2. The van der Waals surface area contributed by atoms with Gasteiger partial charge in [-0.25, -0.2) is 0 Å². The van der Waals surface area contributed by atoms with Crippen molar-refractivity contribution in [2.75, 3.05) is 20.7 Å². The summed E-state index contributed by atoms with van der Waals surface area (Å²) >= 11 is 1.38. The predicted molar refractivity (Wildman–Crippen MR) is 87.0 cm³/mol. The number of likely N-dealkylation sites (N-methyl/N-ethyl adjacent to an activating group) is 1. The minimum Gasteiger partial charge on any atom is -0.378 e. The number of carbonyl (C=O) groups excluding carboxylic acids is 2. The van der Waals surface area contributed by atoms with Gasteiger partial charge in [0.2, 0.25) is 5.91 Å². The minimum atomic E-state index is -0.219. The number of rotatable bonds is 5. The van der Waals surface area contributed by atoms with E-state index in [-0.39, 0.29) is 35.4 Å². The molecule has 2 atom stereocenters. The monoisotopic (exact) mass is 324 g/mol. The standard InChI is InChI=1S/C16H24N2O3S/c1-15(2)12(9-16(15,3)21-5)17-13(19)10-18(4)14(20)11-7-6-8-22-11/h6-8,12H,9-10H2,1-5H3,(H,17,19)/t12-,16+/m0/s1. The summed E-state index contributed by atoms with van der Waals surface area (Å²) in [5, 5.41) is 4.87. The second-order valence-corrected chi connectivity index (χ2v) is 7.57. The Morgan fingerprint density at radius 2 is 2.14 bits per heavy atom. The summed E-state index contributed by atoms with van der Waals surface area (Å²) in [5.41, 5.74) is -0.350. The van der Waals surface area contributed by atoms with Crippen molar-refractivity contribution < 1.29 is 14.3 Å². The second-order valence-electron chi connectivity index (χ2n) is 6.62. The summed E-state index contributed by atoms with van der Waals surface area (Å²) in [6, 6.07) is 3.66. The van der Waals surface area contributed by atoms with Gasteiger partial charge in [0.15, 0.2) is 0 Å². The zero-order valence-electron chi connectivity index (χ0n) is 13.8. The Morgan fingerprint density at radius 3 is 2.64 bits per heavy atom. The van der Waals surface area contributed by atoms with Crippen LogP contribution in [-0.4, -0.2) is 49.1 Å². The minimum absolute atomic E-state index is 0.0625. The van der Waals surface area contributed by atoms with E-state index in [4.69, 9.17) is 4.74 Å². The number of nitrogens with zero attached hydrogens (tertiary/aromatic N) is 1. The van der Waals surface area contributed by atoms with Gasteiger partial charge < -0.3 is 15.0 Å². The molecule has 1 N–H and O–H groups in total. The summed E-state index contributed by atoms with van der Waals surface area (Å²) in [4.78, 5) is 26.4. The highest BCUT2D eigenvalue weighted by Gasteiger charge is 2.58. The molecule has 0 spiro atoms. The summed E-state index contributed by atoms with van der Waals surface area (Å²) in [5.74, 6) is -0.261. The van der Waals surface area contributed by atoms with Crippen LogP contribution in [0.1, 0.15) is 36.9 Å². The quantitative estimate of drug-likeness (QED) is 0.903. The van der Waals surface area contributed by atoms with Crippen molar-refractivity contribution in [1.29, 1.82) is 0 Å². The van der Waals surface area contributed by atoms with Crippen molar-refractivity contribution in [2.24, 2.45) is 5.41 Å². The van der Waals surface area contributed by atoms with E-state index >= 15 is 0 Å². The highest BCUT2D eigenvalue weighted by atomic mass is 32.1. The Hall–Kier alpha value is -1.40. The highest BCUT2D eigenvalue weighted by Crippen LogP contribution is 2.51. The molecule has 5 nitrogen and oxygen atoms in total. The van der Waals surface area contributed by atoms with Crippen molar-refractivity contribution in [1.82, 2.24) is 10.2 Å². The second kappa shape index (κ2) is 6.01. The first-order valence-electron chi connectivity index (χ1n) is 7.35. The van der Waals surface area contributed by atoms with Gasteiger partial charge in [-0.2, -0.15) is 0 Å². The number of thiophene rings is 1. The van der Waals surface area contributed by atoms with Crippen LogP contribution >= 0.6 is 11.3 Å². The van der Waals surface area contributed by atoms with Crippen LogP contribution in [0.4, 0.5) is 0 Å². The number of methoxy groups -OCH3 is 1. The largest absolute Gasteiger partial charge is 0.378 e. The lowest BCUT2D eigenvalue weighted by Crippen LogP contribution is -2.69. The van der Waals surface area contributed by atoms with E-state index in [2.05, 4.69) is 26.1 Å². The maximum Gasteiger partial charge on any atom is 0.264 e. The van der Waals surface area contributed by atoms with Gasteiger partial charge in [0.05, 0.1) is 17.0 Å². The van der Waals surface area contributed by atoms with Crippen LogP contribution < -0.4 is 5.32 Å². The van der Waals surface area contributed by atoms with Gasteiger partial charge in [-0.15, -0.1) is 11.3 Å². The lowest BCUT2D eigenvalue weighted by atomic mass is 9.56. The van der Waals surface area contributed by atoms with Gasteiger partial charge in [0.25, 0.3) is 5.91 Å². The molecular formula is C16H24N2O3S. The average Bonchev–Trinajstić information content (AvgIpc) is 2.99. The number of hydrogen-bond acceptors (Lipinski definition) is 4. The molecule has 0 aromatic carbocycles. The highest BCUT2D eigenvalue weighted by molar-refractivity contribution is 7.12. The fourth-order valence-corrected chi connectivity index (χ4v) is 3.56. The normalized spacial score (nSPS) is 26.1. The Kier molecular flexibility index (Phi) is 4.63. The molecule has 0 unspecified atom stereocenters. The molecule has 2 rings (SSSR count).